The molecule has 3 amide bonds. The molecule has 0 aliphatic heterocycles. The second-order valence-electron chi connectivity index (χ2n) is 6.07. The molecule has 1 atom stereocenters. The number of ether oxygens (including phenoxy) is 2. The summed E-state index contributed by atoms with van der Waals surface area (Å²) in [5.74, 6) is -1.07. The van der Waals surface area contributed by atoms with E-state index in [1.165, 1.54) is 6.92 Å². The van der Waals surface area contributed by atoms with Crippen molar-refractivity contribution in [3.05, 3.63) is 29.3 Å². The Hall–Kier alpha value is -2.28. The number of halogens is 1. The summed E-state index contributed by atoms with van der Waals surface area (Å²) in [6.07, 6.45) is -1.13. The number of nitrogens with one attached hydrogen (secondary N) is 2. The second-order valence-corrected chi connectivity index (χ2v) is 6.51. The molecule has 0 saturated heterocycles. The van der Waals surface area contributed by atoms with E-state index in [9.17, 15) is 14.4 Å². The van der Waals surface area contributed by atoms with Crippen molar-refractivity contribution in [2.24, 2.45) is 0 Å². The zero-order valence-electron chi connectivity index (χ0n) is 14.0. The molecular formula is C16H21ClN2O5. The van der Waals surface area contributed by atoms with Gasteiger partial charge < -0.3 is 14.8 Å². The van der Waals surface area contributed by atoms with Crippen LogP contribution in [-0.2, 0) is 14.3 Å². The summed E-state index contributed by atoms with van der Waals surface area (Å²) < 4.78 is 10.1. The lowest BCUT2D eigenvalue weighted by molar-refractivity contribution is -0.156. The largest absolute Gasteiger partial charge is 0.482 e. The average molecular weight is 357 g/mol. The Balaban J connectivity index is 2.40. The minimum atomic E-state index is -1.13. The Morgan fingerprint density at radius 2 is 1.92 bits per heavy atom. The van der Waals surface area contributed by atoms with Crippen LogP contribution < -0.4 is 15.4 Å². The molecular weight excluding hydrogens is 336 g/mol. The molecule has 0 unspecified atom stereocenters. The third-order valence-corrected chi connectivity index (χ3v) is 2.79. The second kappa shape index (κ2) is 8.54. The van der Waals surface area contributed by atoms with Crippen LogP contribution in [0.1, 0.15) is 27.7 Å². The monoisotopic (exact) mass is 356 g/mol. The molecule has 0 bridgehead atoms. The Kier molecular flexibility index (Phi) is 7.03. The summed E-state index contributed by atoms with van der Waals surface area (Å²) in [7, 11) is 0. The van der Waals surface area contributed by atoms with Crippen molar-refractivity contribution in [1.82, 2.24) is 10.6 Å². The van der Waals surface area contributed by atoms with Gasteiger partial charge in [0.15, 0.2) is 12.7 Å². The molecule has 1 rings (SSSR count). The van der Waals surface area contributed by atoms with Crippen molar-refractivity contribution in [1.29, 1.82) is 0 Å². The predicted octanol–water partition coefficient (Wildman–Crippen LogP) is 2.27. The standard InChI is InChI=1S/C16H21ClN2O5/c1-10(14(21)18-15(22)19-16(2,3)4)24-13(20)9-23-12-7-5-6-11(17)8-12/h5-8,10H,9H2,1-4H3,(H2,18,19,21,22)/t10-/m1/s1. The van der Waals surface area contributed by atoms with Gasteiger partial charge in [-0.2, -0.15) is 0 Å². The molecule has 8 heteroatoms. The molecule has 0 aliphatic carbocycles. The van der Waals surface area contributed by atoms with Crippen LogP contribution in [0.15, 0.2) is 24.3 Å². The van der Waals surface area contributed by atoms with Crippen molar-refractivity contribution >= 4 is 29.5 Å². The molecule has 0 aliphatic rings. The van der Waals surface area contributed by atoms with Gasteiger partial charge in [0.2, 0.25) is 0 Å². The number of benzene rings is 1. The molecule has 1 aromatic carbocycles. The third kappa shape index (κ3) is 7.82. The van der Waals surface area contributed by atoms with E-state index < -0.39 is 29.6 Å². The van der Waals surface area contributed by atoms with E-state index in [0.29, 0.717) is 10.8 Å². The van der Waals surface area contributed by atoms with Gasteiger partial charge in [0.1, 0.15) is 5.75 Å². The number of rotatable bonds is 5. The highest BCUT2D eigenvalue weighted by molar-refractivity contribution is 6.30. The molecule has 0 saturated carbocycles. The Morgan fingerprint density at radius 1 is 1.25 bits per heavy atom. The van der Waals surface area contributed by atoms with Gasteiger partial charge >= 0.3 is 12.0 Å². The first kappa shape index (κ1) is 19.8. The van der Waals surface area contributed by atoms with Gasteiger partial charge in [-0.25, -0.2) is 9.59 Å². The van der Waals surface area contributed by atoms with E-state index in [0.717, 1.165) is 0 Å². The summed E-state index contributed by atoms with van der Waals surface area (Å²) in [5.41, 5.74) is -0.491. The van der Waals surface area contributed by atoms with Gasteiger partial charge in [0.25, 0.3) is 5.91 Å². The lowest BCUT2D eigenvalue weighted by Crippen LogP contribution is -2.50. The van der Waals surface area contributed by atoms with Gasteiger partial charge in [-0.1, -0.05) is 17.7 Å². The maximum Gasteiger partial charge on any atom is 0.344 e. The van der Waals surface area contributed by atoms with Gasteiger partial charge in [-0.3, -0.25) is 10.1 Å². The SMILES string of the molecule is C[C@@H](OC(=O)COc1cccc(Cl)c1)C(=O)NC(=O)NC(C)(C)C. The molecule has 132 valence electrons. The van der Waals surface area contributed by atoms with Crippen LogP contribution in [-0.4, -0.2) is 36.2 Å². The maximum atomic E-state index is 11.8. The Morgan fingerprint density at radius 3 is 2.50 bits per heavy atom. The van der Waals surface area contributed by atoms with Crippen LogP contribution in [0.25, 0.3) is 0 Å². The van der Waals surface area contributed by atoms with Crippen LogP contribution in [0.5, 0.6) is 5.75 Å². The summed E-state index contributed by atoms with van der Waals surface area (Å²) in [5, 5.41) is 5.13. The van der Waals surface area contributed by atoms with Crippen molar-refractivity contribution in [3.63, 3.8) is 0 Å². The first-order valence-corrected chi connectivity index (χ1v) is 7.65. The third-order valence-electron chi connectivity index (χ3n) is 2.56. The van der Waals surface area contributed by atoms with Crippen molar-refractivity contribution < 1.29 is 23.9 Å². The first-order chi connectivity index (χ1) is 11.1. The molecule has 24 heavy (non-hydrogen) atoms. The lowest BCUT2D eigenvalue weighted by atomic mass is 10.1. The van der Waals surface area contributed by atoms with E-state index in [1.54, 1.807) is 45.0 Å². The van der Waals surface area contributed by atoms with E-state index in [2.05, 4.69) is 10.6 Å². The van der Waals surface area contributed by atoms with Crippen molar-refractivity contribution in [2.45, 2.75) is 39.3 Å². The summed E-state index contributed by atoms with van der Waals surface area (Å²) in [4.78, 5) is 35.0. The molecule has 1 aromatic rings. The Bertz CT molecular complexity index is 613. The number of amides is 3. The fraction of sp³-hybridized carbons (Fsp3) is 0.438. The number of hydrogen-bond acceptors (Lipinski definition) is 5. The van der Waals surface area contributed by atoms with Crippen LogP contribution >= 0.6 is 11.6 Å². The van der Waals surface area contributed by atoms with Crippen LogP contribution in [0.3, 0.4) is 0 Å². The number of urea groups is 1. The fourth-order valence-corrected chi connectivity index (χ4v) is 1.75. The summed E-state index contributed by atoms with van der Waals surface area (Å²) in [6, 6.07) is 5.85. The average Bonchev–Trinajstić information content (AvgIpc) is 2.43. The zero-order chi connectivity index (χ0) is 18.3. The van der Waals surface area contributed by atoms with Crippen LogP contribution in [0.4, 0.5) is 4.79 Å². The highest BCUT2D eigenvalue weighted by Gasteiger charge is 2.22. The predicted molar refractivity (Wildman–Crippen MR) is 88.9 cm³/mol. The molecule has 0 radical (unpaired) electrons. The first-order valence-electron chi connectivity index (χ1n) is 7.27. The maximum absolute atomic E-state index is 11.8. The number of carbonyl (C=O) groups is 3. The lowest BCUT2D eigenvalue weighted by Gasteiger charge is -2.21. The summed E-state index contributed by atoms with van der Waals surface area (Å²) >= 11 is 5.79. The molecule has 0 fully saturated rings. The summed E-state index contributed by atoms with van der Waals surface area (Å²) in [6.45, 7) is 6.29. The number of hydrogen-bond donors (Lipinski definition) is 2. The highest BCUT2D eigenvalue weighted by Crippen LogP contribution is 2.16. The van der Waals surface area contributed by atoms with E-state index in [4.69, 9.17) is 21.1 Å². The topological polar surface area (TPSA) is 93.7 Å². The minimum Gasteiger partial charge on any atom is -0.482 e. The smallest absolute Gasteiger partial charge is 0.344 e. The number of imide groups is 1. The van der Waals surface area contributed by atoms with Gasteiger partial charge in [-0.15, -0.1) is 0 Å². The van der Waals surface area contributed by atoms with Gasteiger partial charge in [0.05, 0.1) is 0 Å². The zero-order valence-corrected chi connectivity index (χ0v) is 14.8. The van der Waals surface area contributed by atoms with E-state index in [-0.39, 0.29) is 6.61 Å². The molecule has 2 N–H and O–H groups in total. The fourth-order valence-electron chi connectivity index (χ4n) is 1.57. The van der Waals surface area contributed by atoms with Gasteiger partial charge in [-0.05, 0) is 45.9 Å². The van der Waals surface area contributed by atoms with Crippen molar-refractivity contribution in [3.8, 4) is 5.75 Å². The normalized spacial score (nSPS) is 12.0. The van der Waals surface area contributed by atoms with Crippen LogP contribution in [0.2, 0.25) is 5.02 Å². The van der Waals surface area contributed by atoms with E-state index >= 15 is 0 Å². The number of esters is 1. The quantitative estimate of drug-likeness (QED) is 0.789. The molecule has 0 heterocycles. The minimum absolute atomic E-state index is 0.383. The number of carbonyl (C=O) groups excluding carboxylic acids is 3. The molecule has 7 nitrogen and oxygen atoms in total. The Labute approximate surface area is 145 Å². The van der Waals surface area contributed by atoms with Crippen LogP contribution in [0, 0.1) is 0 Å². The van der Waals surface area contributed by atoms with Gasteiger partial charge in [0, 0.05) is 10.6 Å². The molecule has 0 aromatic heterocycles. The van der Waals surface area contributed by atoms with E-state index in [1.807, 2.05) is 0 Å². The van der Waals surface area contributed by atoms with Crippen molar-refractivity contribution in [2.75, 3.05) is 6.61 Å². The molecule has 0 spiro atoms. The highest BCUT2D eigenvalue weighted by atomic mass is 35.5.